The lowest BCUT2D eigenvalue weighted by molar-refractivity contribution is -0.143. The minimum absolute atomic E-state index is 0.149. The maximum atomic E-state index is 11.9. The fourth-order valence-corrected chi connectivity index (χ4v) is 6.52. The van der Waals surface area contributed by atoms with Crippen LogP contribution in [0.4, 0.5) is 0 Å². The molecule has 1 aliphatic carbocycles. The molecule has 0 amide bonds. The molecule has 6 heteroatoms. The van der Waals surface area contributed by atoms with Crippen LogP contribution in [0.15, 0.2) is 122 Å². The summed E-state index contributed by atoms with van der Waals surface area (Å²) in [7, 11) is 0. The maximum absolute atomic E-state index is 11.9. The molecular formula is C38H38N4O2. The monoisotopic (exact) mass is 582 g/mol. The molecular weight excluding hydrogens is 544 g/mol. The zero-order chi connectivity index (χ0) is 30.5. The van der Waals surface area contributed by atoms with Crippen molar-refractivity contribution in [1.82, 2.24) is 14.8 Å². The van der Waals surface area contributed by atoms with Crippen molar-refractivity contribution in [3.63, 3.8) is 0 Å². The summed E-state index contributed by atoms with van der Waals surface area (Å²) in [5, 5.41) is 6.18. The first-order valence-electron chi connectivity index (χ1n) is 15.3. The summed E-state index contributed by atoms with van der Waals surface area (Å²) in [5.41, 5.74) is 13.9. The normalized spacial score (nSPS) is 16.6. The number of rotatable bonds is 10. The number of allylic oxidation sites excluding steroid dienone is 2. The number of pyridine rings is 1. The van der Waals surface area contributed by atoms with E-state index in [-0.39, 0.29) is 17.9 Å². The van der Waals surface area contributed by atoms with E-state index < -0.39 is 5.54 Å². The largest absolute Gasteiger partial charge is 0.466 e. The van der Waals surface area contributed by atoms with Crippen LogP contribution in [0.5, 0.6) is 0 Å². The predicted molar refractivity (Wildman–Crippen MR) is 176 cm³/mol. The van der Waals surface area contributed by atoms with Crippen molar-refractivity contribution in [3.05, 3.63) is 150 Å². The Bertz CT molecular complexity index is 1770. The third-order valence-electron chi connectivity index (χ3n) is 8.53. The number of ether oxygens (including phenoxy) is 1. The van der Waals surface area contributed by atoms with Crippen LogP contribution in [0.3, 0.4) is 0 Å². The Kier molecular flexibility index (Phi) is 8.53. The van der Waals surface area contributed by atoms with Gasteiger partial charge in [0, 0.05) is 35.7 Å². The number of nitrogens with zero attached hydrogens (tertiary/aromatic N) is 3. The average molecular weight is 583 g/mol. The third kappa shape index (κ3) is 5.61. The number of aromatic nitrogens is 3. The van der Waals surface area contributed by atoms with Crippen molar-refractivity contribution >= 4 is 22.4 Å². The minimum Gasteiger partial charge on any atom is -0.466 e. The summed E-state index contributed by atoms with van der Waals surface area (Å²) in [6.07, 6.45) is 12.3. The predicted octanol–water partition coefficient (Wildman–Crippen LogP) is 7.01. The summed E-state index contributed by atoms with van der Waals surface area (Å²) >= 11 is 0. The molecule has 0 saturated heterocycles. The lowest BCUT2D eigenvalue weighted by atomic mass is 9.67. The second kappa shape index (κ2) is 12.8. The average Bonchev–Trinajstić information content (AvgIpc) is 3.47. The van der Waals surface area contributed by atoms with E-state index >= 15 is 0 Å². The van der Waals surface area contributed by atoms with Gasteiger partial charge in [0.25, 0.3) is 0 Å². The molecule has 2 unspecified atom stereocenters. The Morgan fingerprint density at radius 1 is 0.977 bits per heavy atom. The van der Waals surface area contributed by atoms with Crippen LogP contribution in [-0.4, -0.2) is 33.4 Å². The molecule has 222 valence electrons. The molecule has 6 rings (SSSR count). The van der Waals surface area contributed by atoms with Crippen LogP contribution in [0.1, 0.15) is 47.7 Å². The maximum Gasteiger partial charge on any atom is 0.305 e. The number of carbonyl (C=O) groups is 1. The van der Waals surface area contributed by atoms with Crippen molar-refractivity contribution in [2.75, 3.05) is 6.61 Å². The molecule has 1 aliphatic rings. The Labute approximate surface area is 258 Å². The van der Waals surface area contributed by atoms with Gasteiger partial charge >= 0.3 is 5.97 Å². The zero-order valence-corrected chi connectivity index (χ0v) is 25.3. The van der Waals surface area contributed by atoms with Gasteiger partial charge in [0.1, 0.15) is 5.54 Å². The minimum atomic E-state index is -0.757. The molecule has 0 spiro atoms. The van der Waals surface area contributed by atoms with Gasteiger partial charge in [-0.2, -0.15) is 5.10 Å². The number of esters is 1. The topological polar surface area (TPSA) is 83.0 Å². The van der Waals surface area contributed by atoms with Crippen LogP contribution < -0.4 is 5.73 Å². The molecule has 5 aromatic rings. The van der Waals surface area contributed by atoms with E-state index in [4.69, 9.17) is 15.6 Å². The highest BCUT2D eigenvalue weighted by Crippen LogP contribution is 2.46. The van der Waals surface area contributed by atoms with Crippen LogP contribution in [0, 0.1) is 12.8 Å². The first-order valence-corrected chi connectivity index (χ1v) is 15.3. The summed E-state index contributed by atoms with van der Waals surface area (Å²) in [5.74, 6) is -0.322. The van der Waals surface area contributed by atoms with E-state index in [1.807, 2.05) is 38.4 Å². The molecule has 2 N–H and O–H groups in total. The fraction of sp³-hybridized carbons (Fsp3) is 0.237. The van der Waals surface area contributed by atoms with Crippen molar-refractivity contribution in [2.24, 2.45) is 11.7 Å². The Morgan fingerprint density at radius 2 is 1.70 bits per heavy atom. The Balaban J connectivity index is 1.52. The van der Waals surface area contributed by atoms with E-state index in [0.717, 1.165) is 51.7 Å². The first kappa shape index (κ1) is 29.3. The number of nitrogens with two attached hydrogens (primary N) is 1. The van der Waals surface area contributed by atoms with Gasteiger partial charge in [0.2, 0.25) is 0 Å². The molecule has 0 aliphatic heterocycles. The van der Waals surface area contributed by atoms with Crippen LogP contribution in [0.25, 0.3) is 16.5 Å². The number of benzene rings is 3. The Hall–Kier alpha value is -4.81. The van der Waals surface area contributed by atoms with Crippen LogP contribution in [-0.2, 0) is 21.5 Å². The van der Waals surface area contributed by atoms with Crippen LogP contribution >= 0.6 is 0 Å². The van der Waals surface area contributed by atoms with Gasteiger partial charge in [-0.05, 0) is 78.8 Å². The molecule has 0 radical (unpaired) electrons. The number of aryl methyl sites for hydroxylation is 2. The SMILES string of the molecule is CCOC(=O)CCCc1ccc2c(cnn2C(c2ccccc2)(c2ccccc2)C2C=C(c3ccnc(C)c3)C=CC2N)c1. The number of hydrogen-bond acceptors (Lipinski definition) is 5. The van der Waals surface area contributed by atoms with E-state index in [1.54, 1.807) is 0 Å². The van der Waals surface area contributed by atoms with Gasteiger partial charge in [-0.3, -0.25) is 9.78 Å². The van der Waals surface area contributed by atoms with Gasteiger partial charge in [0.05, 0.1) is 18.3 Å². The smallest absolute Gasteiger partial charge is 0.305 e. The van der Waals surface area contributed by atoms with Gasteiger partial charge in [-0.1, -0.05) is 85.0 Å². The van der Waals surface area contributed by atoms with Crippen molar-refractivity contribution in [3.8, 4) is 0 Å². The highest BCUT2D eigenvalue weighted by Gasteiger charge is 2.47. The van der Waals surface area contributed by atoms with E-state index in [1.165, 1.54) is 5.56 Å². The highest BCUT2D eigenvalue weighted by molar-refractivity contribution is 5.81. The van der Waals surface area contributed by atoms with E-state index in [2.05, 4.69) is 107 Å². The van der Waals surface area contributed by atoms with Gasteiger partial charge in [-0.25, -0.2) is 4.68 Å². The summed E-state index contributed by atoms with van der Waals surface area (Å²) in [6.45, 7) is 4.26. The molecule has 0 bridgehead atoms. The lowest BCUT2D eigenvalue weighted by Gasteiger charge is -2.44. The Morgan fingerprint density at radius 3 is 2.39 bits per heavy atom. The number of hydrogen-bond donors (Lipinski definition) is 1. The van der Waals surface area contributed by atoms with E-state index in [9.17, 15) is 4.79 Å². The van der Waals surface area contributed by atoms with Crippen molar-refractivity contribution < 1.29 is 9.53 Å². The lowest BCUT2D eigenvalue weighted by Crippen LogP contribution is -2.51. The number of carbonyl (C=O) groups excluding carboxylic acids is 1. The standard InChI is InChI=1S/C38H38N4O2/c1-3-44-37(43)16-10-11-28-17-20-36-31(24-28)26-41-42(36)38(32-12-6-4-7-13-32,33-14-8-5-9-15-33)34-25-29(18-19-35(34)39)30-21-22-40-27(2)23-30/h4-9,12-15,17-26,34-35H,3,10-11,16,39H2,1-2H3. The molecule has 0 saturated carbocycles. The quantitative estimate of drug-likeness (QED) is 0.179. The van der Waals surface area contributed by atoms with Gasteiger partial charge in [0.15, 0.2) is 0 Å². The molecule has 6 nitrogen and oxygen atoms in total. The zero-order valence-electron chi connectivity index (χ0n) is 25.3. The summed E-state index contributed by atoms with van der Waals surface area (Å²) in [6, 6.07) is 31.5. The van der Waals surface area contributed by atoms with Gasteiger partial charge < -0.3 is 10.5 Å². The number of fused-ring (bicyclic) bond motifs is 1. The second-order valence-electron chi connectivity index (χ2n) is 11.4. The summed E-state index contributed by atoms with van der Waals surface area (Å²) in [4.78, 5) is 16.3. The second-order valence-corrected chi connectivity index (χ2v) is 11.4. The molecule has 2 atom stereocenters. The third-order valence-corrected chi connectivity index (χ3v) is 8.53. The van der Waals surface area contributed by atoms with Crippen molar-refractivity contribution in [1.29, 1.82) is 0 Å². The van der Waals surface area contributed by atoms with Crippen molar-refractivity contribution in [2.45, 2.75) is 44.7 Å². The molecule has 3 aromatic carbocycles. The van der Waals surface area contributed by atoms with Gasteiger partial charge in [-0.15, -0.1) is 0 Å². The fourth-order valence-electron chi connectivity index (χ4n) is 6.52. The molecule has 2 heterocycles. The first-order chi connectivity index (χ1) is 21.5. The molecule has 44 heavy (non-hydrogen) atoms. The summed E-state index contributed by atoms with van der Waals surface area (Å²) < 4.78 is 7.28. The molecule has 0 fully saturated rings. The van der Waals surface area contributed by atoms with Crippen LogP contribution in [0.2, 0.25) is 0 Å². The highest BCUT2D eigenvalue weighted by atomic mass is 16.5. The van der Waals surface area contributed by atoms with E-state index in [0.29, 0.717) is 13.0 Å². The molecule has 2 aromatic heterocycles.